The molecule has 4 aliphatic carbocycles. The van der Waals surface area contributed by atoms with Crippen molar-refractivity contribution in [2.45, 2.75) is 56.1 Å². The maximum Gasteiger partial charge on any atom is 0.0773 e. The average Bonchev–Trinajstić information content (AvgIpc) is 2.80. The van der Waals surface area contributed by atoms with Crippen LogP contribution in [0, 0.1) is 29.1 Å². The summed E-state index contributed by atoms with van der Waals surface area (Å²) in [5.74, 6) is 5.51. The van der Waals surface area contributed by atoms with Gasteiger partial charge in [-0.05, 0) is 48.9 Å². The van der Waals surface area contributed by atoms with E-state index in [1.807, 2.05) is 0 Å². The minimum atomic E-state index is -0.426. The monoisotopic (exact) mass is 298 g/mol. The molecule has 5 atom stereocenters. The Kier molecular flexibility index (Phi) is 2.73. The van der Waals surface area contributed by atoms with Gasteiger partial charge in [0, 0.05) is 17.4 Å². The summed E-state index contributed by atoms with van der Waals surface area (Å²) in [5.41, 5.74) is -0.406. The lowest BCUT2D eigenvalue weighted by atomic mass is 9.44. The zero-order valence-corrected chi connectivity index (χ0v) is 13.9. The minimum absolute atomic E-state index is 0.0202. The first-order chi connectivity index (χ1) is 8.88. The van der Waals surface area contributed by atoms with Gasteiger partial charge in [0.25, 0.3) is 0 Å². The van der Waals surface area contributed by atoms with Crippen molar-refractivity contribution in [2.24, 2.45) is 29.1 Å². The molecule has 5 fully saturated rings. The van der Waals surface area contributed by atoms with Crippen molar-refractivity contribution in [3.8, 4) is 0 Å². The molecule has 0 aromatic rings. The van der Waals surface area contributed by atoms with Gasteiger partial charge in [-0.3, -0.25) is 0 Å². The van der Waals surface area contributed by atoms with Crippen LogP contribution in [-0.2, 0) is 0 Å². The molecule has 0 aromatic carbocycles. The van der Waals surface area contributed by atoms with E-state index in [0.29, 0.717) is 15.9 Å². The Balaban J connectivity index is 1.82. The fourth-order valence-electron chi connectivity index (χ4n) is 5.89. The van der Waals surface area contributed by atoms with Gasteiger partial charge in [-0.2, -0.15) is 0 Å². The summed E-state index contributed by atoms with van der Waals surface area (Å²) < 4.78 is 0.370. The second-order valence-corrected chi connectivity index (χ2v) is 11.3. The minimum Gasteiger partial charge on any atom is -0.389 e. The molecule has 3 heteroatoms. The van der Waals surface area contributed by atoms with Crippen molar-refractivity contribution in [3.63, 3.8) is 0 Å². The van der Waals surface area contributed by atoms with Crippen LogP contribution in [0.3, 0.4) is 0 Å². The summed E-state index contributed by atoms with van der Waals surface area (Å²) in [4.78, 5) is 0. The second kappa shape index (κ2) is 3.89. The molecule has 5 unspecified atom stereocenters. The predicted octanol–water partition coefficient (Wildman–Crippen LogP) is 4.01. The highest BCUT2D eigenvalue weighted by Crippen LogP contribution is 2.73. The highest BCUT2D eigenvalue weighted by atomic mass is 32.2. The average molecular weight is 299 g/mol. The van der Waals surface area contributed by atoms with Crippen LogP contribution in [0.1, 0.15) is 46.5 Å². The van der Waals surface area contributed by atoms with Crippen LogP contribution < -0.4 is 0 Å². The zero-order valence-electron chi connectivity index (χ0n) is 12.3. The largest absolute Gasteiger partial charge is 0.389 e. The summed E-state index contributed by atoms with van der Waals surface area (Å²) >= 11 is 4.40. The Labute approximate surface area is 125 Å². The molecule has 0 radical (unpaired) electrons. The first kappa shape index (κ1) is 13.3. The Hall–Kier alpha value is 0.660. The van der Waals surface area contributed by atoms with Crippen molar-refractivity contribution >= 4 is 23.5 Å². The van der Waals surface area contributed by atoms with Crippen molar-refractivity contribution in [2.75, 3.05) is 11.5 Å². The molecule has 5 rings (SSSR count). The summed E-state index contributed by atoms with van der Waals surface area (Å²) in [6.45, 7) is 6.81. The molecular formula is C16H26OS2. The lowest BCUT2D eigenvalue weighted by molar-refractivity contribution is -0.224. The summed E-state index contributed by atoms with van der Waals surface area (Å²) in [6.07, 6.45) is 5.33. The molecule has 1 nitrogen and oxygen atoms in total. The normalized spacial score (nSPS) is 51.2. The lowest BCUT2D eigenvalue weighted by Gasteiger charge is -2.69. The first-order valence-corrected chi connectivity index (χ1v) is 9.85. The van der Waals surface area contributed by atoms with Gasteiger partial charge >= 0.3 is 0 Å². The van der Waals surface area contributed by atoms with Gasteiger partial charge in [0.1, 0.15) is 0 Å². The SMILES string of the molecule is CC(C)(C)C1(O)C2CC3CC(C2)C2(SCCS2)C1C3. The fourth-order valence-corrected chi connectivity index (χ4v) is 9.83. The van der Waals surface area contributed by atoms with Gasteiger partial charge < -0.3 is 5.11 Å². The molecular weight excluding hydrogens is 272 g/mol. The Morgan fingerprint density at radius 3 is 2.21 bits per heavy atom. The molecule has 108 valence electrons. The first-order valence-electron chi connectivity index (χ1n) is 7.88. The molecule has 19 heavy (non-hydrogen) atoms. The molecule has 1 heterocycles. The molecule has 5 aliphatic rings. The molecule has 0 aromatic heterocycles. The number of aliphatic hydroxyl groups is 1. The van der Waals surface area contributed by atoms with Gasteiger partial charge in [-0.15, -0.1) is 23.5 Å². The van der Waals surface area contributed by atoms with Crippen LogP contribution in [-0.4, -0.2) is 26.3 Å². The topological polar surface area (TPSA) is 20.2 Å². The summed E-state index contributed by atoms with van der Waals surface area (Å²) in [7, 11) is 0. The molecule has 1 N–H and O–H groups in total. The lowest BCUT2D eigenvalue weighted by Crippen LogP contribution is -2.70. The van der Waals surface area contributed by atoms with E-state index >= 15 is 0 Å². The molecule has 4 bridgehead atoms. The number of rotatable bonds is 0. The molecule has 1 saturated heterocycles. The van der Waals surface area contributed by atoms with E-state index in [9.17, 15) is 5.11 Å². The number of hydrogen-bond donors (Lipinski definition) is 1. The Morgan fingerprint density at radius 2 is 1.58 bits per heavy atom. The molecule has 0 amide bonds. The molecule has 1 aliphatic heterocycles. The van der Waals surface area contributed by atoms with Gasteiger partial charge in [0.05, 0.1) is 9.68 Å². The van der Waals surface area contributed by atoms with Crippen molar-refractivity contribution in [1.29, 1.82) is 0 Å². The Bertz CT molecular complexity index is 396. The van der Waals surface area contributed by atoms with Gasteiger partial charge in [-0.25, -0.2) is 0 Å². The van der Waals surface area contributed by atoms with Crippen molar-refractivity contribution in [1.82, 2.24) is 0 Å². The third-order valence-corrected chi connectivity index (χ3v) is 10.4. The van der Waals surface area contributed by atoms with E-state index in [2.05, 4.69) is 44.3 Å². The van der Waals surface area contributed by atoms with Crippen molar-refractivity contribution < 1.29 is 5.11 Å². The van der Waals surface area contributed by atoms with Crippen molar-refractivity contribution in [3.05, 3.63) is 0 Å². The third-order valence-electron chi connectivity index (χ3n) is 6.52. The van der Waals surface area contributed by atoms with Gasteiger partial charge in [0.2, 0.25) is 0 Å². The summed E-state index contributed by atoms with van der Waals surface area (Å²) in [6, 6.07) is 0. The standard InChI is InChI=1S/C16H26OS2/c1-14(2,3)15(17)11-6-10-7-12(9-11)16(13(15)8-10)18-4-5-19-16/h10-13,17H,4-9H2,1-3H3. The number of thioether (sulfide) groups is 2. The predicted molar refractivity (Wildman–Crippen MR) is 84.5 cm³/mol. The zero-order chi connectivity index (χ0) is 13.5. The quantitative estimate of drug-likeness (QED) is 0.730. The highest BCUT2D eigenvalue weighted by Gasteiger charge is 2.70. The van der Waals surface area contributed by atoms with Crippen LogP contribution in [0.15, 0.2) is 0 Å². The third kappa shape index (κ3) is 1.51. The molecule has 1 spiro atoms. The van der Waals surface area contributed by atoms with E-state index in [0.717, 1.165) is 11.8 Å². The van der Waals surface area contributed by atoms with Crippen LogP contribution in [0.25, 0.3) is 0 Å². The van der Waals surface area contributed by atoms with Gasteiger partial charge in [-0.1, -0.05) is 20.8 Å². The number of hydrogen-bond acceptors (Lipinski definition) is 3. The van der Waals surface area contributed by atoms with E-state index in [-0.39, 0.29) is 5.41 Å². The fraction of sp³-hybridized carbons (Fsp3) is 1.00. The second-order valence-electron chi connectivity index (χ2n) is 8.25. The van der Waals surface area contributed by atoms with E-state index in [4.69, 9.17) is 0 Å². The van der Waals surface area contributed by atoms with Gasteiger partial charge in [0.15, 0.2) is 0 Å². The maximum absolute atomic E-state index is 11.7. The Morgan fingerprint density at radius 1 is 0.947 bits per heavy atom. The smallest absolute Gasteiger partial charge is 0.0773 e. The van der Waals surface area contributed by atoms with Crippen LogP contribution in [0.4, 0.5) is 0 Å². The molecule has 4 saturated carbocycles. The highest BCUT2D eigenvalue weighted by molar-refractivity contribution is 8.21. The van der Waals surface area contributed by atoms with E-state index in [1.165, 1.54) is 37.2 Å². The summed E-state index contributed by atoms with van der Waals surface area (Å²) in [5, 5.41) is 11.7. The van der Waals surface area contributed by atoms with E-state index < -0.39 is 5.60 Å². The maximum atomic E-state index is 11.7. The van der Waals surface area contributed by atoms with Crippen LogP contribution in [0.5, 0.6) is 0 Å². The van der Waals surface area contributed by atoms with Crippen LogP contribution in [0.2, 0.25) is 0 Å². The van der Waals surface area contributed by atoms with E-state index in [1.54, 1.807) is 0 Å². The van der Waals surface area contributed by atoms with Crippen LogP contribution >= 0.6 is 23.5 Å².